The fourth-order valence-electron chi connectivity index (χ4n) is 9.08. The van der Waals surface area contributed by atoms with Gasteiger partial charge in [0.1, 0.15) is 23.2 Å². The van der Waals surface area contributed by atoms with Crippen molar-refractivity contribution in [3.05, 3.63) is 235 Å². The van der Waals surface area contributed by atoms with Crippen LogP contribution >= 0.6 is 0 Å². The van der Waals surface area contributed by atoms with E-state index in [0.717, 1.165) is 72.3 Å². The van der Waals surface area contributed by atoms with Gasteiger partial charge in [-0.1, -0.05) is 170 Å². The molecule has 12 rings (SSSR count). The van der Waals surface area contributed by atoms with Crippen LogP contribution in [0.15, 0.2) is 233 Å². The van der Waals surface area contributed by atoms with Gasteiger partial charge in [-0.25, -0.2) is 9.98 Å². The summed E-state index contributed by atoms with van der Waals surface area (Å²) in [4.78, 5) is 10.5. The fourth-order valence-corrected chi connectivity index (χ4v) is 9.08. The molecule has 1 atom stereocenters. The lowest BCUT2D eigenvalue weighted by molar-refractivity contribution is 0.662. The van der Waals surface area contributed by atoms with Gasteiger partial charge in [-0.05, 0) is 75.8 Å². The first-order valence-corrected chi connectivity index (χ1v) is 21.0. The summed E-state index contributed by atoms with van der Waals surface area (Å²) in [5.41, 5.74) is 14.9. The number of hydrogen-bond acceptors (Lipinski definition) is 4. The predicted molar refractivity (Wildman–Crippen MR) is 256 cm³/mol. The maximum absolute atomic E-state index is 6.78. The normalized spacial score (nSPS) is 14.0. The van der Waals surface area contributed by atoms with Crippen molar-refractivity contribution in [1.82, 2.24) is 9.88 Å². The third-order valence-corrected chi connectivity index (χ3v) is 12.1. The molecule has 1 aliphatic heterocycles. The second kappa shape index (κ2) is 14.8. The van der Waals surface area contributed by atoms with Crippen molar-refractivity contribution in [2.45, 2.75) is 6.17 Å². The molecule has 5 heteroatoms. The molecule has 292 valence electrons. The van der Waals surface area contributed by atoms with E-state index in [1.54, 1.807) is 0 Å². The highest BCUT2D eigenvalue weighted by molar-refractivity contribution is 6.15. The van der Waals surface area contributed by atoms with Gasteiger partial charge in [0, 0.05) is 50.0 Å². The average molecular weight is 795 g/mol. The summed E-state index contributed by atoms with van der Waals surface area (Å²) >= 11 is 0. The third kappa shape index (κ3) is 6.18. The molecule has 5 nitrogen and oxygen atoms in total. The highest BCUT2D eigenvalue weighted by Gasteiger charge is 2.25. The summed E-state index contributed by atoms with van der Waals surface area (Å²) in [6, 6.07) is 76.9. The first-order chi connectivity index (χ1) is 30.7. The third-order valence-electron chi connectivity index (χ3n) is 12.1. The summed E-state index contributed by atoms with van der Waals surface area (Å²) in [5.74, 6) is 1.45. The number of nitrogens with zero attached hydrogens (tertiary/aromatic N) is 3. The van der Waals surface area contributed by atoms with Crippen LogP contribution in [0.1, 0.15) is 22.9 Å². The molecule has 0 fully saturated rings. The van der Waals surface area contributed by atoms with E-state index in [0.29, 0.717) is 5.84 Å². The van der Waals surface area contributed by atoms with Crippen molar-refractivity contribution in [2.75, 3.05) is 0 Å². The molecule has 0 spiro atoms. The van der Waals surface area contributed by atoms with E-state index in [2.05, 4.69) is 204 Å². The second-order valence-corrected chi connectivity index (χ2v) is 15.8. The molecule has 2 aromatic heterocycles. The summed E-state index contributed by atoms with van der Waals surface area (Å²) < 4.78 is 9.16. The van der Waals surface area contributed by atoms with Crippen molar-refractivity contribution >= 4 is 55.4 Å². The van der Waals surface area contributed by atoms with Gasteiger partial charge in [-0.2, -0.15) is 0 Å². The lowest BCUT2D eigenvalue weighted by Crippen LogP contribution is -2.33. The molecule has 62 heavy (non-hydrogen) atoms. The maximum atomic E-state index is 6.78. The molecule has 0 aliphatic carbocycles. The Kier molecular flexibility index (Phi) is 8.49. The number of nitrogens with one attached hydrogen (secondary N) is 1. The molecule has 3 heterocycles. The minimum Gasteiger partial charge on any atom is -0.456 e. The van der Waals surface area contributed by atoms with Gasteiger partial charge in [-0.3, -0.25) is 0 Å². The average Bonchev–Trinajstić information content (AvgIpc) is 3.89. The monoisotopic (exact) mass is 794 g/mol. The fraction of sp³-hybridized carbons (Fsp3) is 0.0175. The minimum atomic E-state index is -0.421. The van der Waals surface area contributed by atoms with Gasteiger partial charge in [-0.15, -0.1) is 0 Å². The van der Waals surface area contributed by atoms with Crippen molar-refractivity contribution in [1.29, 1.82) is 0 Å². The summed E-state index contributed by atoms with van der Waals surface area (Å²) in [6.45, 7) is 0. The molecule has 0 amide bonds. The molecule has 0 saturated heterocycles. The summed E-state index contributed by atoms with van der Waals surface area (Å²) in [6.07, 6.45) is -0.421. The Morgan fingerprint density at radius 3 is 1.69 bits per heavy atom. The lowest BCUT2D eigenvalue weighted by Gasteiger charge is -2.24. The van der Waals surface area contributed by atoms with E-state index < -0.39 is 6.17 Å². The van der Waals surface area contributed by atoms with Crippen LogP contribution in [0.4, 0.5) is 0 Å². The number of amidine groups is 2. The van der Waals surface area contributed by atoms with E-state index in [1.807, 2.05) is 24.3 Å². The van der Waals surface area contributed by atoms with Crippen LogP contribution in [-0.4, -0.2) is 16.2 Å². The maximum Gasteiger partial charge on any atom is 0.159 e. The Balaban J connectivity index is 1.01. The molecule has 1 aliphatic rings. The smallest absolute Gasteiger partial charge is 0.159 e. The molecule has 1 unspecified atom stereocenters. The van der Waals surface area contributed by atoms with Gasteiger partial charge >= 0.3 is 0 Å². The first kappa shape index (κ1) is 35.6. The van der Waals surface area contributed by atoms with Gasteiger partial charge in [0.2, 0.25) is 0 Å². The number of rotatable bonds is 7. The zero-order chi connectivity index (χ0) is 41.0. The van der Waals surface area contributed by atoms with Crippen LogP contribution in [-0.2, 0) is 0 Å². The van der Waals surface area contributed by atoms with Gasteiger partial charge in [0.15, 0.2) is 5.84 Å². The largest absolute Gasteiger partial charge is 0.456 e. The molecule has 11 aromatic rings. The highest BCUT2D eigenvalue weighted by atomic mass is 16.3. The van der Waals surface area contributed by atoms with Gasteiger partial charge in [0.05, 0.1) is 11.0 Å². The molecule has 1 N–H and O–H groups in total. The quantitative estimate of drug-likeness (QED) is 0.175. The minimum absolute atomic E-state index is 0.421. The number of aromatic nitrogens is 1. The van der Waals surface area contributed by atoms with E-state index in [1.165, 1.54) is 33.0 Å². The van der Waals surface area contributed by atoms with E-state index in [9.17, 15) is 0 Å². The van der Waals surface area contributed by atoms with Crippen LogP contribution in [0, 0.1) is 0 Å². The number of benzene rings is 9. The molecule has 0 bridgehead atoms. The summed E-state index contributed by atoms with van der Waals surface area (Å²) in [5, 5.41) is 8.17. The lowest BCUT2D eigenvalue weighted by atomic mass is 10.0. The standard InChI is InChI=1S/C57H38N4O/c1-5-15-37(16-6-1)41-23-13-24-44(33-41)56-58-55(40-21-11-4-12-22-40)59-57(60-56)48-25-14-26-52-54(48)47-31-29-45(36-53(47)62-52)61-50-32-28-42(38-17-7-2-8-18-38)34-49(50)46-30-27-43(35-51(46)61)39-19-9-3-10-20-39/h1-36,57H,(H,58,59,60). The SMILES string of the molecule is c1ccc(C2=NC(c3cccc(-c4ccccc4)c3)=NC(c3cccc4oc5cc(-n6c7ccc(-c8ccccc8)cc7c7ccc(-c8ccccc8)cc76)ccc5c34)N2)cc1. The molecule has 9 aromatic carbocycles. The number of furan rings is 1. The van der Waals surface area contributed by atoms with E-state index >= 15 is 0 Å². The molecule has 0 radical (unpaired) electrons. The number of aliphatic imine (C=N–C) groups is 2. The first-order valence-electron chi connectivity index (χ1n) is 21.0. The van der Waals surface area contributed by atoms with Crippen molar-refractivity contribution in [3.8, 4) is 39.1 Å². The zero-order valence-corrected chi connectivity index (χ0v) is 33.6. The Bertz CT molecular complexity index is 3530. The highest BCUT2D eigenvalue weighted by Crippen LogP contribution is 2.40. The van der Waals surface area contributed by atoms with Crippen LogP contribution < -0.4 is 5.32 Å². The van der Waals surface area contributed by atoms with Gasteiger partial charge in [0.25, 0.3) is 0 Å². The van der Waals surface area contributed by atoms with E-state index in [4.69, 9.17) is 14.4 Å². The zero-order valence-electron chi connectivity index (χ0n) is 33.6. The number of fused-ring (bicyclic) bond motifs is 6. The van der Waals surface area contributed by atoms with Gasteiger partial charge < -0.3 is 14.3 Å². The van der Waals surface area contributed by atoms with Crippen molar-refractivity contribution < 1.29 is 4.42 Å². The topological polar surface area (TPSA) is 54.8 Å². The van der Waals surface area contributed by atoms with Crippen LogP contribution in [0.2, 0.25) is 0 Å². The number of hydrogen-bond donors (Lipinski definition) is 1. The van der Waals surface area contributed by atoms with E-state index in [-0.39, 0.29) is 0 Å². The van der Waals surface area contributed by atoms with Crippen LogP contribution in [0.5, 0.6) is 0 Å². The second-order valence-electron chi connectivity index (χ2n) is 15.8. The van der Waals surface area contributed by atoms with Crippen LogP contribution in [0.3, 0.4) is 0 Å². The Labute approximate surface area is 358 Å². The van der Waals surface area contributed by atoms with Crippen molar-refractivity contribution in [2.24, 2.45) is 9.98 Å². The molecule has 0 saturated carbocycles. The Hall–Kier alpha value is -8.28. The van der Waals surface area contributed by atoms with Crippen molar-refractivity contribution in [3.63, 3.8) is 0 Å². The van der Waals surface area contributed by atoms with Crippen LogP contribution in [0.25, 0.3) is 82.8 Å². The predicted octanol–water partition coefficient (Wildman–Crippen LogP) is 14.2. The summed E-state index contributed by atoms with van der Waals surface area (Å²) in [7, 11) is 0. The molecular weight excluding hydrogens is 757 g/mol. The molecular formula is C57H38N4O. The Morgan fingerprint density at radius 1 is 0.403 bits per heavy atom. The Morgan fingerprint density at radius 2 is 0.984 bits per heavy atom.